The third-order valence-corrected chi connectivity index (χ3v) is 1.76. The third kappa shape index (κ3) is 3.62. The van der Waals surface area contributed by atoms with Crippen molar-refractivity contribution in [2.45, 2.75) is 12.5 Å². The Labute approximate surface area is 75.2 Å². The number of rotatable bonds is 1. The van der Waals surface area contributed by atoms with Gasteiger partial charge in [-0.25, -0.2) is 0 Å². The summed E-state index contributed by atoms with van der Waals surface area (Å²) >= 11 is 0. The summed E-state index contributed by atoms with van der Waals surface area (Å²) < 4.78 is 0. The van der Waals surface area contributed by atoms with Crippen LogP contribution < -0.4 is 5.32 Å². The van der Waals surface area contributed by atoms with Gasteiger partial charge >= 0.3 is 0 Å². The van der Waals surface area contributed by atoms with Crippen LogP contribution in [0, 0.1) is 0 Å². The van der Waals surface area contributed by atoms with Crippen LogP contribution in [-0.2, 0) is 0 Å². The summed E-state index contributed by atoms with van der Waals surface area (Å²) in [4.78, 5) is 2.28. The molecule has 1 N–H and O–H groups in total. The van der Waals surface area contributed by atoms with E-state index in [9.17, 15) is 0 Å². The standard InChI is InChI=1S/C6H14N2.2ClH/c1-8(2)6-3-4-7-5-6;;/h6-7H,3-5H2,1-2H3;2*1H. The Morgan fingerprint density at radius 2 is 1.90 bits per heavy atom. The van der Waals surface area contributed by atoms with Gasteiger partial charge in [0, 0.05) is 12.6 Å². The van der Waals surface area contributed by atoms with Crippen molar-refractivity contribution >= 4 is 24.8 Å². The molecule has 1 atom stereocenters. The molecule has 10 heavy (non-hydrogen) atoms. The van der Waals surface area contributed by atoms with Gasteiger partial charge in [-0.15, -0.1) is 24.8 Å². The third-order valence-electron chi connectivity index (χ3n) is 1.76. The van der Waals surface area contributed by atoms with Crippen molar-refractivity contribution in [3.05, 3.63) is 0 Å². The van der Waals surface area contributed by atoms with Crippen LogP contribution in [0.5, 0.6) is 0 Å². The van der Waals surface area contributed by atoms with E-state index in [1.807, 2.05) is 0 Å². The monoisotopic (exact) mass is 186 g/mol. The van der Waals surface area contributed by atoms with Gasteiger partial charge in [0.25, 0.3) is 0 Å². The Morgan fingerprint density at radius 1 is 1.30 bits per heavy atom. The second-order valence-electron chi connectivity index (χ2n) is 2.61. The lowest BCUT2D eigenvalue weighted by atomic mass is 10.2. The lowest BCUT2D eigenvalue weighted by Crippen LogP contribution is -2.29. The lowest BCUT2D eigenvalue weighted by Gasteiger charge is -2.16. The molecule has 0 bridgehead atoms. The fourth-order valence-corrected chi connectivity index (χ4v) is 1.08. The first-order chi connectivity index (χ1) is 3.80. The molecule has 1 fully saturated rings. The van der Waals surface area contributed by atoms with Crippen molar-refractivity contribution in [1.29, 1.82) is 0 Å². The van der Waals surface area contributed by atoms with Crippen molar-refractivity contribution in [3.8, 4) is 0 Å². The highest BCUT2D eigenvalue weighted by molar-refractivity contribution is 5.85. The van der Waals surface area contributed by atoms with E-state index >= 15 is 0 Å². The molecule has 0 spiro atoms. The molecule has 4 heteroatoms. The number of likely N-dealkylation sites (N-methyl/N-ethyl adjacent to an activating group) is 1. The fraction of sp³-hybridized carbons (Fsp3) is 1.00. The van der Waals surface area contributed by atoms with Gasteiger partial charge in [-0.05, 0) is 27.1 Å². The zero-order valence-corrected chi connectivity index (χ0v) is 8.10. The zero-order valence-electron chi connectivity index (χ0n) is 6.46. The van der Waals surface area contributed by atoms with Gasteiger partial charge in [-0.2, -0.15) is 0 Å². The van der Waals surface area contributed by atoms with Gasteiger partial charge in [-0.3, -0.25) is 0 Å². The summed E-state index contributed by atoms with van der Waals surface area (Å²) in [6.45, 7) is 2.37. The topological polar surface area (TPSA) is 15.3 Å². The van der Waals surface area contributed by atoms with E-state index in [1.54, 1.807) is 0 Å². The van der Waals surface area contributed by atoms with Gasteiger partial charge in [0.05, 0.1) is 0 Å². The maximum absolute atomic E-state index is 3.31. The number of hydrogen-bond acceptors (Lipinski definition) is 2. The summed E-state index contributed by atoms with van der Waals surface area (Å²) in [5.41, 5.74) is 0. The van der Waals surface area contributed by atoms with Crippen LogP contribution in [0.15, 0.2) is 0 Å². The molecule has 0 aromatic carbocycles. The van der Waals surface area contributed by atoms with E-state index < -0.39 is 0 Å². The molecule has 64 valence electrons. The van der Waals surface area contributed by atoms with Crippen molar-refractivity contribution < 1.29 is 0 Å². The molecule has 1 heterocycles. The van der Waals surface area contributed by atoms with E-state index in [0.717, 1.165) is 6.04 Å². The summed E-state index contributed by atoms with van der Waals surface area (Å²) in [5, 5.41) is 3.31. The van der Waals surface area contributed by atoms with Gasteiger partial charge in [0.15, 0.2) is 0 Å². The van der Waals surface area contributed by atoms with Crippen molar-refractivity contribution in [2.75, 3.05) is 27.2 Å². The molecule has 0 amide bonds. The number of nitrogens with zero attached hydrogens (tertiary/aromatic N) is 1. The number of nitrogens with one attached hydrogen (secondary N) is 1. The molecule has 1 aliphatic heterocycles. The Kier molecular flexibility index (Phi) is 8.17. The highest BCUT2D eigenvalue weighted by Crippen LogP contribution is 2.01. The molecular formula is C6H16Cl2N2. The first-order valence-corrected chi connectivity index (χ1v) is 3.18. The highest BCUT2D eigenvalue weighted by atomic mass is 35.5. The summed E-state index contributed by atoms with van der Waals surface area (Å²) in [6.07, 6.45) is 1.31. The number of halogens is 2. The molecule has 2 nitrogen and oxygen atoms in total. The highest BCUT2D eigenvalue weighted by Gasteiger charge is 2.14. The molecule has 0 radical (unpaired) electrons. The second kappa shape index (κ2) is 6.23. The maximum atomic E-state index is 3.31. The number of hydrogen-bond donors (Lipinski definition) is 1. The van der Waals surface area contributed by atoms with Crippen LogP contribution in [0.1, 0.15) is 6.42 Å². The van der Waals surface area contributed by atoms with Gasteiger partial charge in [-0.1, -0.05) is 0 Å². The van der Waals surface area contributed by atoms with Crippen molar-refractivity contribution in [2.24, 2.45) is 0 Å². The minimum absolute atomic E-state index is 0. The maximum Gasteiger partial charge on any atom is 0.0226 e. The van der Waals surface area contributed by atoms with E-state index in [-0.39, 0.29) is 24.8 Å². The van der Waals surface area contributed by atoms with E-state index in [4.69, 9.17) is 0 Å². The largest absolute Gasteiger partial charge is 0.315 e. The Hall–Kier alpha value is 0.500. The van der Waals surface area contributed by atoms with Crippen LogP contribution in [0.3, 0.4) is 0 Å². The molecule has 1 saturated heterocycles. The lowest BCUT2D eigenvalue weighted by molar-refractivity contribution is 0.313. The predicted molar refractivity (Wildman–Crippen MR) is 49.5 cm³/mol. The minimum atomic E-state index is 0. The molecule has 0 aromatic rings. The van der Waals surface area contributed by atoms with Gasteiger partial charge < -0.3 is 10.2 Å². The zero-order chi connectivity index (χ0) is 5.98. The molecule has 1 rings (SSSR count). The van der Waals surface area contributed by atoms with Crippen molar-refractivity contribution in [1.82, 2.24) is 10.2 Å². The fourth-order valence-electron chi connectivity index (χ4n) is 1.08. The van der Waals surface area contributed by atoms with E-state index in [2.05, 4.69) is 24.3 Å². The molecule has 0 aromatic heterocycles. The first-order valence-electron chi connectivity index (χ1n) is 3.18. The Balaban J connectivity index is 0. The molecule has 1 unspecified atom stereocenters. The van der Waals surface area contributed by atoms with E-state index in [0.29, 0.717) is 0 Å². The summed E-state index contributed by atoms with van der Waals surface area (Å²) in [5.74, 6) is 0. The summed E-state index contributed by atoms with van der Waals surface area (Å²) in [7, 11) is 4.27. The van der Waals surface area contributed by atoms with Gasteiger partial charge in [0.1, 0.15) is 0 Å². The Morgan fingerprint density at radius 3 is 2.10 bits per heavy atom. The summed E-state index contributed by atoms with van der Waals surface area (Å²) in [6, 6.07) is 0.787. The average molecular weight is 187 g/mol. The van der Waals surface area contributed by atoms with Crippen LogP contribution in [-0.4, -0.2) is 38.1 Å². The van der Waals surface area contributed by atoms with Crippen LogP contribution in [0.25, 0.3) is 0 Å². The molecular weight excluding hydrogens is 171 g/mol. The normalized spacial score (nSPS) is 23.7. The Bertz CT molecular complexity index is 72.1. The van der Waals surface area contributed by atoms with Crippen LogP contribution >= 0.6 is 24.8 Å². The second-order valence-corrected chi connectivity index (χ2v) is 2.61. The quantitative estimate of drug-likeness (QED) is 0.651. The van der Waals surface area contributed by atoms with E-state index in [1.165, 1.54) is 19.5 Å². The first kappa shape index (κ1) is 13.1. The molecule has 0 aliphatic carbocycles. The smallest absolute Gasteiger partial charge is 0.0226 e. The molecule has 1 aliphatic rings. The van der Waals surface area contributed by atoms with Crippen molar-refractivity contribution in [3.63, 3.8) is 0 Å². The minimum Gasteiger partial charge on any atom is -0.315 e. The van der Waals surface area contributed by atoms with Gasteiger partial charge in [0.2, 0.25) is 0 Å². The predicted octanol–water partition coefficient (Wildman–Crippen LogP) is 0.753. The SMILES string of the molecule is CN(C)C1CCNC1.Cl.Cl. The van der Waals surface area contributed by atoms with Crippen LogP contribution in [0.4, 0.5) is 0 Å². The average Bonchev–Trinajstić information content (AvgIpc) is 2.12. The van der Waals surface area contributed by atoms with Crippen LogP contribution in [0.2, 0.25) is 0 Å². The molecule has 0 saturated carbocycles.